The highest BCUT2D eigenvalue weighted by Gasteiger charge is 2.14. The Kier molecular flexibility index (Phi) is 5.91. The lowest BCUT2D eigenvalue weighted by molar-refractivity contribution is 0.0950. The molecule has 3 aromatic rings. The van der Waals surface area contributed by atoms with Gasteiger partial charge in [0.1, 0.15) is 22.9 Å². The van der Waals surface area contributed by atoms with E-state index < -0.39 is 5.91 Å². The van der Waals surface area contributed by atoms with Crippen LogP contribution in [0.3, 0.4) is 0 Å². The second kappa shape index (κ2) is 8.72. The van der Waals surface area contributed by atoms with Gasteiger partial charge < -0.3 is 14.2 Å². The molecule has 0 aliphatic carbocycles. The van der Waals surface area contributed by atoms with Crippen LogP contribution in [0.2, 0.25) is 0 Å². The molecule has 0 aliphatic rings. The van der Waals surface area contributed by atoms with E-state index in [0.29, 0.717) is 28.5 Å². The van der Waals surface area contributed by atoms with Crippen molar-refractivity contribution in [3.8, 4) is 28.5 Å². The molecule has 0 bridgehead atoms. The van der Waals surface area contributed by atoms with E-state index in [1.807, 2.05) is 18.2 Å². The largest absolute Gasteiger partial charge is 0.497 e. The van der Waals surface area contributed by atoms with Gasteiger partial charge in [0.2, 0.25) is 0 Å². The summed E-state index contributed by atoms with van der Waals surface area (Å²) in [6, 6.07) is 14.3. The van der Waals surface area contributed by atoms with Crippen molar-refractivity contribution in [2.24, 2.45) is 5.10 Å². The van der Waals surface area contributed by atoms with Crippen molar-refractivity contribution in [3.63, 3.8) is 0 Å². The second-order valence-corrected chi connectivity index (χ2v) is 5.71. The maximum Gasteiger partial charge on any atom is 0.289 e. The van der Waals surface area contributed by atoms with E-state index in [2.05, 4.69) is 20.7 Å². The zero-order valence-electron chi connectivity index (χ0n) is 15.7. The monoisotopic (exact) mass is 380 g/mol. The van der Waals surface area contributed by atoms with Gasteiger partial charge in [-0.1, -0.05) is 12.1 Å². The first kappa shape index (κ1) is 19.0. The summed E-state index contributed by atoms with van der Waals surface area (Å²) in [4.78, 5) is 12.3. The van der Waals surface area contributed by atoms with Gasteiger partial charge in [0.25, 0.3) is 5.91 Å². The zero-order valence-corrected chi connectivity index (χ0v) is 15.7. The van der Waals surface area contributed by atoms with Crippen LogP contribution < -0.4 is 19.6 Å². The number of amides is 1. The zero-order chi connectivity index (χ0) is 19.9. The quantitative estimate of drug-likeness (QED) is 0.485. The van der Waals surface area contributed by atoms with Crippen LogP contribution in [0.1, 0.15) is 16.1 Å². The minimum absolute atomic E-state index is 0.266. The first-order valence-corrected chi connectivity index (χ1v) is 8.40. The Balaban J connectivity index is 1.73. The molecule has 0 radical (unpaired) electrons. The van der Waals surface area contributed by atoms with E-state index in [-0.39, 0.29) is 5.69 Å². The van der Waals surface area contributed by atoms with Gasteiger partial charge in [-0.15, -0.1) is 0 Å². The number of hydrazone groups is 1. The number of nitrogens with zero attached hydrogens (tertiary/aromatic N) is 2. The van der Waals surface area contributed by atoms with E-state index >= 15 is 0 Å². The lowest BCUT2D eigenvalue weighted by Gasteiger charge is -2.08. The average molecular weight is 380 g/mol. The molecule has 8 nitrogen and oxygen atoms in total. The summed E-state index contributed by atoms with van der Waals surface area (Å²) in [6.07, 6.45) is 1.53. The number of carbonyl (C=O) groups excluding carboxylic acids is 1. The number of aromatic nitrogens is 2. The van der Waals surface area contributed by atoms with Gasteiger partial charge in [0.05, 0.1) is 33.2 Å². The predicted molar refractivity (Wildman–Crippen MR) is 105 cm³/mol. The fourth-order valence-electron chi connectivity index (χ4n) is 2.54. The van der Waals surface area contributed by atoms with Gasteiger partial charge in [-0.2, -0.15) is 10.2 Å². The summed E-state index contributed by atoms with van der Waals surface area (Å²) in [5, 5.41) is 10.9. The molecule has 0 saturated carbocycles. The Hall–Kier alpha value is -3.81. The van der Waals surface area contributed by atoms with Crippen molar-refractivity contribution in [2.75, 3.05) is 21.3 Å². The number of nitrogens with one attached hydrogen (secondary N) is 2. The number of methoxy groups -OCH3 is 3. The molecule has 1 aromatic heterocycles. The summed E-state index contributed by atoms with van der Waals surface area (Å²) >= 11 is 0. The summed E-state index contributed by atoms with van der Waals surface area (Å²) in [7, 11) is 4.74. The number of ether oxygens (including phenoxy) is 3. The molecule has 0 unspecified atom stereocenters. The Labute approximate surface area is 162 Å². The molecule has 0 atom stereocenters. The molecule has 8 heteroatoms. The predicted octanol–water partition coefficient (Wildman–Crippen LogP) is 2.87. The number of carbonyl (C=O) groups is 1. The molecule has 28 heavy (non-hydrogen) atoms. The van der Waals surface area contributed by atoms with Crippen molar-refractivity contribution < 1.29 is 19.0 Å². The number of hydrogen-bond donors (Lipinski definition) is 2. The lowest BCUT2D eigenvalue weighted by atomic mass is 10.1. The maximum atomic E-state index is 12.3. The summed E-state index contributed by atoms with van der Waals surface area (Å²) in [5.74, 6) is 1.57. The van der Waals surface area contributed by atoms with Gasteiger partial charge in [-0.05, 0) is 42.0 Å². The van der Waals surface area contributed by atoms with Crippen LogP contribution in [0.4, 0.5) is 0 Å². The summed E-state index contributed by atoms with van der Waals surface area (Å²) in [6.45, 7) is 0. The molecule has 1 heterocycles. The molecule has 0 spiro atoms. The van der Waals surface area contributed by atoms with Gasteiger partial charge in [0, 0.05) is 5.56 Å². The topological polar surface area (TPSA) is 97.8 Å². The number of hydrogen-bond acceptors (Lipinski definition) is 6. The molecule has 0 saturated heterocycles. The third kappa shape index (κ3) is 4.29. The minimum atomic E-state index is -0.417. The Bertz CT molecular complexity index is 997. The Morgan fingerprint density at radius 3 is 2.57 bits per heavy atom. The van der Waals surface area contributed by atoms with Crippen molar-refractivity contribution in [2.45, 2.75) is 0 Å². The molecule has 3 rings (SSSR count). The smallest absolute Gasteiger partial charge is 0.289 e. The van der Waals surface area contributed by atoms with E-state index in [4.69, 9.17) is 14.2 Å². The number of benzene rings is 2. The molecule has 0 fully saturated rings. The summed E-state index contributed by atoms with van der Waals surface area (Å²) in [5.41, 5.74) is 4.79. The molecule has 1 amide bonds. The Morgan fingerprint density at radius 2 is 1.82 bits per heavy atom. The fourth-order valence-corrected chi connectivity index (χ4v) is 2.54. The highest BCUT2D eigenvalue weighted by Crippen LogP contribution is 2.32. The van der Waals surface area contributed by atoms with Crippen molar-refractivity contribution in [1.82, 2.24) is 15.6 Å². The van der Waals surface area contributed by atoms with Crippen LogP contribution in [0, 0.1) is 0 Å². The van der Waals surface area contributed by atoms with Crippen LogP contribution >= 0.6 is 0 Å². The molecule has 2 aromatic carbocycles. The van der Waals surface area contributed by atoms with Crippen LogP contribution in [0.5, 0.6) is 17.2 Å². The lowest BCUT2D eigenvalue weighted by Crippen LogP contribution is -2.18. The van der Waals surface area contributed by atoms with Crippen molar-refractivity contribution >= 4 is 12.1 Å². The standard InChI is InChI=1S/C20H20N4O4/c1-26-14-6-4-5-13(9-14)12-21-24-20(25)18-11-17(22-23-18)16-10-15(27-2)7-8-19(16)28-3/h4-12H,1-3H3,(H,22,23)(H,24,25)/b21-12-. The van der Waals surface area contributed by atoms with E-state index in [1.165, 1.54) is 6.21 Å². The van der Waals surface area contributed by atoms with Crippen molar-refractivity contribution in [1.29, 1.82) is 0 Å². The van der Waals surface area contributed by atoms with Gasteiger partial charge in [-0.3, -0.25) is 9.89 Å². The minimum Gasteiger partial charge on any atom is -0.497 e. The first-order chi connectivity index (χ1) is 13.6. The third-order valence-corrected chi connectivity index (χ3v) is 3.98. The fraction of sp³-hybridized carbons (Fsp3) is 0.150. The van der Waals surface area contributed by atoms with Crippen LogP contribution in [-0.4, -0.2) is 43.6 Å². The maximum absolute atomic E-state index is 12.3. The van der Waals surface area contributed by atoms with Crippen molar-refractivity contribution in [3.05, 3.63) is 59.8 Å². The normalized spacial score (nSPS) is 10.7. The summed E-state index contributed by atoms with van der Waals surface area (Å²) < 4.78 is 15.7. The first-order valence-electron chi connectivity index (χ1n) is 8.40. The number of aromatic amines is 1. The van der Waals surface area contributed by atoms with Gasteiger partial charge >= 0.3 is 0 Å². The SMILES string of the molecule is COc1cccc(/C=N\NC(=O)c2cc(-c3cc(OC)ccc3OC)n[nH]2)c1. The van der Waals surface area contributed by atoms with E-state index in [9.17, 15) is 4.79 Å². The van der Waals surface area contributed by atoms with E-state index in [1.54, 1.807) is 51.7 Å². The molecular weight excluding hydrogens is 360 g/mol. The number of H-pyrrole nitrogens is 1. The van der Waals surface area contributed by atoms with Crippen LogP contribution in [0.25, 0.3) is 11.3 Å². The Morgan fingerprint density at radius 1 is 1.04 bits per heavy atom. The highest BCUT2D eigenvalue weighted by atomic mass is 16.5. The van der Waals surface area contributed by atoms with E-state index in [0.717, 1.165) is 5.56 Å². The number of rotatable bonds is 7. The third-order valence-electron chi connectivity index (χ3n) is 3.98. The van der Waals surface area contributed by atoms with Crippen LogP contribution in [-0.2, 0) is 0 Å². The molecule has 0 aliphatic heterocycles. The molecule has 2 N–H and O–H groups in total. The second-order valence-electron chi connectivity index (χ2n) is 5.71. The highest BCUT2D eigenvalue weighted by molar-refractivity contribution is 5.94. The molecule has 144 valence electrons. The average Bonchev–Trinajstić information content (AvgIpc) is 3.23. The van der Waals surface area contributed by atoms with Crippen LogP contribution in [0.15, 0.2) is 53.6 Å². The van der Waals surface area contributed by atoms with Gasteiger partial charge in [0.15, 0.2) is 0 Å². The molecular formula is C20H20N4O4. The van der Waals surface area contributed by atoms with Gasteiger partial charge in [-0.25, -0.2) is 5.43 Å².